The van der Waals surface area contributed by atoms with E-state index in [9.17, 15) is 4.79 Å². The molecule has 0 bridgehead atoms. The Hall–Kier alpha value is -4.36. The molecule has 192 valence electrons. The van der Waals surface area contributed by atoms with Crippen LogP contribution in [-0.2, 0) is 25.9 Å². The lowest BCUT2D eigenvalue weighted by Gasteiger charge is -2.29. The third-order valence-corrected chi connectivity index (χ3v) is 7.25. The van der Waals surface area contributed by atoms with Gasteiger partial charge in [-0.15, -0.1) is 0 Å². The van der Waals surface area contributed by atoms with Gasteiger partial charge >= 0.3 is 0 Å². The van der Waals surface area contributed by atoms with Crippen LogP contribution >= 0.6 is 0 Å². The van der Waals surface area contributed by atoms with Crippen LogP contribution in [-0.4, -0.2) is 39.8 Å². The highest BCUT2D eigenvalue weighted by Gasteiger charge is 2.26. The average Bonchev–Trinajstić information content (AvgIpc) is 3.37. The van der Waals surface area contributed by atoms with Gasteiger partial charge in [0.25, 0.3) is 5.56 Å². The van der Waals surface area contributed by atoms with E-state index in [4.69, 9.17) is 14.6 Å². The normalized spacial score (nSPS) is 13.4. The predicted molar refractivity (Wildman–Crippen MR) is 147 cm³/mol. The van der Waals surface area contributed by atoms with Crippen LogP contribution < -0.4 is 15.0 Å². The second-order valence-corrected chi connectivity index (χ2v) is 9.62. The van der Waals surface area contributed by atoms with Crippen molar-refractivity contribution < 1.29 is 9.47 Å². The largest absolute Gasteiger partial charge is 0.493 e. The molecule has 0 radical (unpaired) electrons. The summed E-state index contributed by atoms with van der Waals surface area (Å²) in [5, 5.41) is 4.84. The van der Waals surface area contributed by atoms with Gasteiger partial charge in [-0.05, 0) is 41.8 Å². The molecular formula is C31H30N4O3. The molecule has 0 amide bonds. The fraction of sp³-hybridized carbons (Fsp3) is 0.226. The van der Waals surface area contributed by atoms with Crippen molar-refractivity contribution in [2.24, 2.45) is 0 Å². The Bertz CT molecular complexity index is 1640. The highest BCUT2D eigenvalue weighted by Crippen LogP contribution is 2.29. The van der Waals surface area contributed by atoms with Crippen LogP contribution in [0.2, 0.25) is 0 Å². The SMILES string of the molecule is COc1ccc(CN2CCc3c(n4ncc(Cc5ccccc5)c4n(-c4ccccc4)c3=O)C2)cc1OC. The highest BCUT2D eigenvalue weighted by atomic mass is 16.5. The third-order valence-electron chi connectivity index (χ3n) is 7.25. The van der Waals surface area contributed by atoms with Gasteiger partial charge in [-0.2, -0.15) is 5.10 Å². The quantitative estimate of drug-likeness (QED) is 0.322. The topological polar surface area (TPSA) is 61.0 Å². The number of rotatable bonds is 7. The van der Waals surface area contributed by atoms with Crippen molar-refractivity contribution in [3.05, 3.63) is 123 Å². The molecule has 1 aliphatic rings. The van der Waals surface area contributed by atoms with E-state index < -0.39 is 0 Å². The first kappa shape index (κ1) is 24.0. The maximum Gasteiger partial charge on any atom is 0.261 e. The molecule has 0 saturated carbocycles. The number of aromatic nitrogens is 3. The van der Waals surface area contributed by atoms with Crippen LogP contribution in [0.3, 0.4) is 0 Å². The van der Waals surface area contributed by atoms with Crippen molar-refractivity contribution in [3.8, 4) is 17.2 Å². The van der Waals surface area contributed by atoms with E-state index in [0.29, 0.717) is 30.9 Å². The number of fused-ring (bicyclic) bond motifs is 3. The molecule has 0 unspecified atom stereocenters. The molecule has 0 saturated heterocycles. The second-order valence-electron chi connectivity index (χ2n) is 9.62. The number of nitrogens with zero attached hydrogens (tertiary/aromatic N) is 4. The number of methoxy groups -OCH3 is 2. The minimum atomic E-state index is 0.0410. The smallest absolute Gasteiger partial charge is 0.261 e. The Kier molecular flexibility index (Phi) is 6.43. The maximum absolute atomic E-state index is 14.0. The van der Waals surface area contributed by atoms with Gasteiger partial charge in [0.2, 0.25) is 0 Å². The van der Waals surface area contributed by atoms with Gasteiger partial charge in [0.15, 0.2) is 11.5 Å². The third kappa shape index (κ3) is 4.35. The van der Waals surface area contributed by atoms with Crippen molar-refractivity contribution in [2.45, 2.75) is 25.9 Å². The summed E-state index contributed by atoms with van der Waals surface area (Å²) in [6.07, 6.45) is 3.28. The van der Waals surface area contributed by atoms with E-state index in [1.807, 2.05) is 75.9 Å². The Morgan fingerprint density at radius 3 is 2.34 bits per heavy atom. The number of ether oxygens (including phenoxy) is 2. The highest BCUT2D eigenvalue weighted by molar-refractivity contribution is 5.57. The van der Waals surface area contributed by atoms with E-state index in [2.05, 4.69) is 23.1 Å². The van der Waals surface area contributed by atoms with Crippen LogP contribution in [0.5, 0.6) is 11.5 Å². The van der Waals surface area contributed by atoms with E-state index in [-0.39, 0.29) is 5.56 Å². The van der Waals surface area contributed by atoms with Crippen molar-refractivity contribution in [1.29, 1.82) is 0 Å². The monoisotopic (exact) mass is 506 g/mol. The average molecular weight is 507 g/mol. The standard InChI is InChI=1S/C31H30N4O3/c1-37-28-14-13-23(18-29(28)38-2)20-33-16-15-26-27(21-33)35-30(34(31(26)36)25-11-7-4-8-12-25)24(19-32-35)17-22-9-5-3-6-10-22/h3-14,18-19H,15-17,20-21H2,1-2H3. The Morgan fingerprint density at radius 2 is 1.61 bits per heavy atom. The van der Waals surface area contributed by atoms with Crippen LogP contribution in [0.1, 0.15) is 27.9 Å². The van der Waals surface area contributed by atoms with Gasteiger partial charge in [-0.1, -0.05) is 54.6 Å². The Labute approximate surface area is 221 Å². The molecule has 0 atom stereocenters. The Balaban J connectivity index is 1.43. The summed E-state index contributed by atoms with van der Waals surface area (Å²) < 4.78 is 14.7. The van der Waals surface area contributed by atoms with Gasteiger partial charge in [0.1, 0.15) is 5.65 Å². The van der Waals surface area contributed by atoms with E-state index in [1.165, 1.54) is 5.56 Å². The predicted octanol–water partition coefficient (Wildman–Crippen LogP) is 4.65. The molecule has 38 heavy (non-hydrogen) atoms. The number of para-hydroxylation sites is 1. The number of benzene rings is 3. The van der Waals surface area contributed by atoms with E-state index in [0.717, 1.165) is 46.8 Å². The number of hydrogen-bond acceptors (Lipinski definition) is 5. The summed E-state index contributed by atoms with van der Waals surface area (Å²) in [6.45, 7) is 2.16. The van der Waals surface area contributed by atoms with Gasteiger partial charge in [-0.25, -0.2) is 4.52 Å². The summed E-state index contributed by atoms with van der Waals surface area (Å²) in [6, 6.07) is 26.2. The molecule has 6 rings (SSSR count). The van der Waals surface area contributed by atoms with E-state index in [1.54, 1.807) is 14.2 Å². The summed E-state index contributed by atoms with van der Waals surface area (Å²) in [5.41, 5.74) is 6.86. The summed E-state index contributed by atoms with van der Waals surface area (Å²) in [5.74, 6) is 1.43. The molecule has 3 aromatic carbocycles. The summed E-state index contributed by atoms with van der Waals surface area (Å²) >= 11 is 0. The number of hydrogen-bond donors (Lipinski definition) is 0. The van der Waals surface area contributed by atoms with Crippen LogP contribution in [0.25, 0.3) is 11.3 Å². The molecule has 0 N–H and O–H groups in total. The van der Waals surface area contributed by atoms with Crippen LogP contribution in [0, 0.1) is 0 Å². The summed E-state index contributed by atoms with van der Waals surface area (Å²) in [4.78, 5) is 16.4. The van der Waals surface area contributed by atoms with Gasteiger partial charge < -0.3 is 9.47 Å². The molecule has 0 fully saturated rings. The summed E-state index contributed by atoms with van der Waals surface area (Å²) in [7, 11) is 3.29. The first-order valence-corrected chi connectivity index (χ1v) is 12.8. The van der Waals surface area contributed by atoms with E-state index >= 15 is 0 Å². The molecule has 7 nitrogen and oxygen atoms in total. The minimum absolute atomic E-state index is 0.0410. The zero-order chi connectivity index (χ0) is 26.1. The lowest BCUT2D eigenvalue weighted by Crippen LogP contribution is -2.38. The molecule has 5 aromatic rings. The van der Waals surface area contributed by atoms with Gasteiger partial charge in [0, 0.05) is 37.2 Å². The fourth-order valence-electron chi connectivity index (χ4n) is 5.40. The molecule has 3 heterocycles. The van der Waals surface area contributed by atoms with Crippen LogP contribution in [0.4, 0.5) is 0 Å². The molecule has 2 aromatic heterocycles. The molecular weight excluding hydrogens is 476 g/mol. The van der Waals surface area contributed by atoms with Gasteiger partial charge in [0.05, 0.1) is 31.8 Å². The van der Waals surface area contributed by atoms with Crippen molar-refractivity contribution in [1.82, 2.24) is 19.1 Å². The zero-order valence-corrected chi connectivity index (χ0v) is 21.6. The van der Waals surface area contributed by atoms with Gasteiger partial charge in [-0.3, -0.25) is 14.3 Å². The van der Waals surface area contributed by atoms with Crippen LogP contribution in [0.15, 0.2) is 89.9 Å². The lowest BCUT2D eigenvalue weighted by molar-refractivity contribution is 0.237. The van der Waals surface area contributed by atoms with Crippen molar-refractivity contribution in [2.75, 3.05) is 20.8 Å². The Morgan fingerprint density at radius 1 is 0.868 bits per heavy atom. The first-order valence-electron chi connectivity index (χ1n) is 12.8. The fourth-order valence-corrected chi connectivity index (χ4v) is 5.40. The van der Waals surface area contributed by atoms with Crippen molar-refractivity contribution >= 4 is 5.65 Å². The molecule has 1 aliphatic heterocycles. The minimum Gasteiger partial charge on any atom is -0.493 e. The zero-order valence-electron chi connectivity index (χ0n) is 21.6. The lowest BCUT2D eigenvalue weighted by atomic mass is 10.0. The van der Waals surface area contributed by atoms with Crippen molar-refractivity contribution in [3.63, 3.8) is 0 Å². The molecule has 7 heteroatoms. The first-order chi connectivity index (χ1) is 18.7. The maximum atomic E-state index is 14.0. The molecule has 0 aliphatic carbocycles. The second kappa shape index (κ2) is 10.2. The molecule has 0 spiro atoms.